The van der Waals surface area contributed by atoms with Crippen LogP contribution in [0.5, 0.6) is 0 Å². The van der Waals surface area contributed by atoms with Crippen molar-refractivity contribution in [2.75, 3.05) is 19.6 Å². The monoisotopic (exact) mass is 141 g/mol. The summed E-state index contributed by atoms with van der Waals surface area (Å²) in [4.78, 5) is 10.8. The van der Waals surface area contributed by atoms with E-state index in [1.54, 1.807) is 5.01 Å². The van der Waals surface area contributed by atoms with Crippen molar-refractivity contribution in [1.29, 1.82) is 0 Å². The molecular weight excluding hydrogens is 130 g/mol. The van der Waals surface area contributed by atoms with Crippen molar-refractivity contribution in [2.45, 2.75) is 6.42 Å². The summed E-state index contributed by atoms with van der Waals surface area (Å²) in [7, 11) is 0. The third-order valence-corrected chi connectivity index (χ3v) is 2.27. The van der Waals surface area contributed by atoms with Crippen LogP contribution in [0, 0.1) is 5.41 Å². The molecule has 2 aliphatic rings. The van der Waals surface area contributed by atoms with E-state index in [1.165, 1.54) is 0 Å². The second-order valence-corrected chi connectivity index (χ2v) is 3.36. The van der Waals surface area contributed by atoms with Gasteiger partial charge in [0.1, 0.15) is 0 Å². The molecule has 1 spiro atoms. The van der Waals surface area contributed by atoms with Gasteiger partial charge in [0.25, 0.3) is 0 Å². The molecule has 1 amide bonds. The number of hydrazine groups is 1. The lowest BCUT2D eigenvalue weighted by Gasteiger charge is -2.44. The summed E-state index contributed by atoms with van der Waals surface area (Å²) in [6.07, 6.45) is 0.667. The van der Waals surface area contributed by atoms with Crippen molar-refractivity contribution in [3.05, 3.63) is 0 Å². The van der Waals surface area contributed by atoms with E-state index >= 15 is 0 Å². The lowest BCUT2D eigenvalue weighted by molar-refractivity contribution is -0.120. The van der Waals surface area contributed by atoms with Crippen molar-refractivity contribution in [1.82, 2.24) is 10.3 Å². The molecule has 0 unspecified atom stereocenters. The zero-order valence-electron chi connectivity index (χ0n) is 5.76. The maximum Gasteiger partial charge on any atom is 0.220 e. The number of hydrogen-bond donors (Lipinski definition) is 2. The van der Waals surface area contributed by atoms with E-state index in [0.29, 0.717) is 6.42 Å². The van der Waals surface area contributed by atoms with Crippen LogP contribution in [0.2, 0.25) is 0 Å². The molecule has 4 heteroatoms. The zero-order chi connectivity index (χ0) is 7.19. The van der Waals surface area contributed by atoms with Gasteiger partial charge in [-0.2, -0.15) is 0 Å². The highest BCUT2D eigenvalue weighted by molar-refractivity contribution is 5.79. The first kappa shape index (κ1) is 6.12. The van der Waals surface area contributed by atoms with Crippen molar-refractivity contribution >= 4 is 5.91 Å². The number of carbonyl (C=O) groups excluding carboxylic acids is 1. The number of nitrogens with zero attached hydrogens (tertiary/aromatic N) is 1. The maximum absolute atomic E-state index is 10.8. The van der Waals surface area contributed by atoms with E-state index in [2.05, 4.69) is 5.32 Å². The Balaban J connectivity index is 2.01. The lowest BCUT2D eigenvalue weighted by atomic mass is 9.80. The Bertz CT molecular complexity index is 174. The van der Waals surface area contributed by atoms with Crippen LogP contribution in [-0.2, 0) is 4.79 Å². The smallest absolute Gasteiger partial charge is 0.220 e. The van der Waals surface area contributed by atoms with E-state index in [9.17, 15) is 4.79 Å². The second-order valence-electron chi connectivity index (χ2n) is 3.36. The first-order valence-electron chi connectivity index (χ1n) is 3.47. The Morgan fingerprint density at radius 3 is 2.70 bits per heavy atom. The highest BCUT2D eigenvalue weighted by atomic mass is 16.1. The standard InChI is InChI=1S/C6H11N3O/c7-9-3-6(4-9)1-5(10)8-2-6/h1-4,7H2,(H,8,10). The van der Waals surface area contributed by atoms with E-state index in [4.69, 9.17) is 5.84 Å². The topological polar surface area (TPSA) is 58.4 Å². The summed E-state index contributed by atoms with van der Waals surface area (Å²) in [6, 6.07) is 0. The highest BCUT2D eigenvalue weighted by Crippen LogP contribution is 2.34. The predicted octanol–water partition coefficient (Wildman–Crippen LogP) is -1.32. The fourth-order valence-corrected chi connectivity index (χ4v) is 1.79. The minimum atomic E-state index is 0.174. The number of amides is 1. The summed E-state index contributed by atoms with van der Waals surface area (Å²) >= 11 is 0. The summed E-state index contributed by atoms with van der Waals surface area (Å²) < 4.78 is 0. The molecule has 0 radical (unpaired) electrons. The van der Waals surface area contributed by atoms with Crippen LogP contribution < -0.4 is 11.2 Å². The largest absolute Gasteiger partial charge is 0.355 e. The predicted molar refractivity (Wildman–Crippen MR) is 35.8 cm³/mol. The van der Waals surface area contributed by atoms with E-state index in [0.717, 1.165) is 19.6 Å². The molecular formula is C6H11N3O. The molecule has 2 fully saturated rings. The van der Waals surface area contributed by atoms with Crippen molar-refractivity contribution in [3.8, 4) is 0 Å². The quantitative estimate of drug-likeness (QED) is 0.411. The van der Waals surface area contributed by atoms with Gasteiger partial charge in [-0.3, -0.25) is 10.6 Å². The number of hydrogen-bond acceptors (Lipinski definition) is 3. The summed E-state index contributed by atoms with van der Waals surface area (Å²) in [5.74, 6) is 5.65. The molecule has 0 saturated carbocycles. The van der Waals surface area contributed by atoms with Gasteiger partial charge in [0.2, 0.25) is 5.91 Å². The van der Waals surface area contributed by atoms with Crippen LogP contribution in [0.1, 0.15) is 6.42 Å². The molecule has 0 aromatic carbocycles. The van der Waals surface area contributed by atoms with E-state index < -0.39 is 0 Å². The molecule has 0 atom stereocenters. The minimum absolute atomic E-state index is 0.174. The van der Waals surface area contributed by atoms with Gasteiger partial charge in [-0.1, -0.05) is 0 Å². The highest BCUT2D eigenvalue weighted by Gasteiger charge is 2.46. The Morgan fingerprint density at radius 2 is 2.30 bits per heavy atom. The van der Waals surface area contributed by atoms with Crippen molar-refractivity contribution in [2.24, 2.45) is 11.3 Å². The van der Waals surface area contributed by atoms with Gasteiger partial charge in [-0.05, 0) is 0 Å². The third-order valence-electron chi connectivity index (χ3n) is 2.27. The molecule has 4 nitrogen and oxygen atoms in total. The molecule has 2 rings (SSSR count). The Kier molecular flexibility index (Phi) is 1.04. The molecule has 0 aromatic heterocycles. The Morgan fingerprint density at radius 1 is 1.60 bits per heavy atom. The second kappa shape index (κ2) is 1.71. The molecule has 2 aliphatic heterocycles. The first-order chi connectivity index (χ1) is 4.70. The molecule has 56 valence electrons. The van der Waals surface area contributed by atoms with E-state index in [1.807, 2.05) is 0 Å². The molecule has 2 saturated heterocycles. The zero-order valence-corrected chi connectivity index (χ0v) is 5.76. The molecule has 0 aliphatic carbocycles. The van der Waals surface area contributed by atoms with Gasteiger partial charge in [0.05, 0.1) is 0 Å². The average Bonchev–Trinajstić information content (AvgIpc) is 2.10. The molecule has 2 heterocycles. The number of carbonyl (C=O) groups is 1. The van der Waals surface area contributed by atoms with Crippen molar-refractivity contribution < 1.29 is 4.79 Å². The van der Waals surface area contributed by atoms with Gasteiger partial charge in [-0.15, -0.1) is 0 Å². The lowest BCUT2D eigenvalue weighted by Crippen LogP contribution is -2.60. The Labute approximate surface area is 59.3 Å². The van der Waals surface area contributed by atoms with Crippen LogP contribution in [-0.4, -0.2) is 30.6 Å². The Hall–Kier alpha value is -0.610. The van der Waals surface area contributed by atoms with Gasteiger partial charge >= 0.3 is 0 Å². The number of rotatable bonds is 0. The van der Waals surface area contributed by atoms with Crippen LogP contribution >= 0.6 is 0 Å². The number of nitrogens with one attached hydrogen (secondary N) is 1. The van der Waals surface area contributed by atoms with Gasteiger partial charge in [-0.25, -0.2) is 5.01 Å². The number of nitrogens with two attached hydrogens (primary N) is 1. The van der Waals surface area contributed by atoms with Gasteiger partial charge in [0, 0.05) is 31.5 Å². The fraction of sp³-hybridized carbons (Fsp3) is 0.833. The first-order valence-corrected chi connectivity index (χ1v) is 3.47. The average molecular weight is 141 g/mol. The summed E-state index contributed by atoms with van der Waals surface area (Å²) in [5.41, 5.74) is 0.200. The molecule has 0 bridgehead atoms. The summed E-state index contributed by atoms with van der Waals surface area (Å²) in [6.45, 7) is 2.55. The molecule has 0 aromatic rings. The van der Waals surface area contributed by atoms with Gasteiger partial charge in [0.15, 0.2) is 0 Å². The van der Waals surface area contributed by atoms with Crippen molar-refractivity contribution in [3.63, 3.8) is 0 Å². The van der Waals surface area contributed by atoms with Crippen LogP contribution in [0.4, 0.5) is 0 Å². The third kappa shape index (κ3) is 0.726. The van der Waals surface area contributed by atoms with E-state index in [-0.39, 0.29) is 11.3 Å². The normalized spacial score (nSPS) is 30.3. The summed E-state index contributed by atoms with van der Waals surface area (Å²) in [5, 5.41) is 4.56. The fourth-order valence-electron chi connectivity index (χ4n) is 1.79. The molecule has 3 N–H and O–H groups in total. The van der Waals surface area contributed by atoms with Crippen LogP contribution in [0.25, 0.3) is 0 Å². The SMILES string of the molecule is NN1CC2(CNC(=O)C2)C1. The van der Waals surface area contributed by atoms with Crippen LogP contribution in [0.15, 0.2) is 0 Å². The molecule has 10 heavy (non-hydrogen) atoms. The van der Waals surface area contributed by atoms with Gasteiger partial charge < -0.3 is 5.32 Å². The minimum Gasteiger partial charge on any atom is -0.355 e. The van der Waals surface area contributed by atoms with Crippen LogP contribution in [0.3, 0.4) is 0 Å². The maximum atomic E-state index is 10.8.